The summed E-state index contributed by atoms with van der Waals surface area (Å²) in [5.41, 5.74) is 0.879. The van der Waals surface area contributed by atoms with Gasteiger partial charge in [-0.3, -0.25) is 0 Å². The van der Waals surface area contributed by atoms with Crippen molar-refractivity contribution in [1.29, 1.82) is 0 Å². The number of ether oxygens (including phenoxy) is 4. The molecule has 3 rings (SSSR count). The molecule has 2 saturated heterocycles. The Hall–Kier alpha value is -1.76. The molecule has 1 amide bonds. The summed E-state index contributed by atoms with van der Waals surface area (Å²) in [5, 5.41) is 2.56. The zero-order valence-electron chi connectivity index (χ0n) is 15.5. The Balaban J connectivity index is 1.42. The van der Waals surface area contributed by atoms with E-state index in [0.717, 1.165) is 5.56 Å². The van der Waals surface area contributed by atoms with Crippen molar-refractivity contribution >= 4 is 16.5 Å². The molecule has 2 heterocycles. The van der Waals surface area contributed by atoms with E-state index in [2.05, 4.69) is 5.32 Å². The second-order valence-corrected chi connectivity index (χ2v) is 7.50. The van der Waals surface area contributed by atoms with Crippen LogP contribution < -0.4 is 5.32 Å². The van der Waals surface area contributed by atoms with Crippen molar-refractivity contribution in [2.45, 2.75) is 44.2 Å². The normalized spacial score (nSPS) is 31.1. The quantitative estimate of drug-likeness (QED) is 0.640. The number of carbonyl (C=O) groups excluding carboxylic acids is 1. The van der Waals surface area contributed by atoms with Gasteiger partial charge in [-0.05, 0) is 12.5 Å². The molecule has 11 heteroatoms. The number of methoxy groups -OCH3 is 1. The van der Waals surface area contributed by atoms with Gasteiger partial charge in [0.15, 0.2) is 6.29 Å². The van der Waals surface area contributed by atoms with Gasteiger partial charge in [0.1, 0.15) is 24.9 Å². The van der Waals surface area contributed by atoms with Gasteiger partial charge in [0.25, 0.3) is 0 Å². The molecule has 0 aromatic heterocycles. The van der Waals surface area contributed by atoms with Crippen LogP contribution >= 0.6 is 0 Å². The number of hydrogen-bond acceptors (Lipinski definition) is 9. The monoisotopic (exact) mass is 417 g/mol. The number of nitrogens with one attached hydrogen (secondary N) is 1. The summed E-state index contributed by atoms with van der Waals surface area (Å²) in [7, 11) is -2.69. The number of rotatable bonds is 7. The van der Waals surface area contributed by atoms with Crippen LogP contribution in [-0.4, -0.2) is 65.5 Å². The standard InChI is InChI=1S/C17H23NO9S/c1-11-13-14(27-28(20,21)26-13)15(22-2)16(25-11)23-9-8-18-17(19)24-10-12-6-4-3-5-7-12/h3-7,11,13-16H,8-10H2,1-2H3,(H,18,19)/t11-,13+,14+,15-,16-/m1/s1. The lowest BCUT2D eigenvalue weighted by Crippen LogP contribution is -2.57. The van der Waals surface area contributed by atoms with Crippen molar-refractivity contribution in [2.75, 3.05) is 20.3 Å². The molecule has 1 N–H and O–H groups in total. The predicted molar refractivity (Wildman–Crippen MR) is 94.4 cm³/mol. The van der Waals surface area contributed by atoms with Gasteiger partial charge in [-0.25, -0.2) is 13.2 Å². The zero-order chi connectivity index (χ0) is 20.1. The first-order valence-corrected chi connectivity index (χ1v) is 10.1. The van der Waals surface area contributed by atoms with Crippen molar-refractivity contribution in [3.05, 3.63) is 35.9 Å². The van der Waals surface area contributed by atoms with Gasteiger partial charge >= 0.3 is 16.5 Å². The van der Waals surface area contributed by atoms with E-state index in [1.165, 1.54) is 7.11 Å². The average Bonchev–Trinajstić information content (AvgIpc) is 3.00. The van der Waals surface area contributed by atoms with E-state index in [1.54, 1.807) is 6.92 Å². The van der Waals surface area contributed by atoms with Crippen LogP contribution in [0.3, 0.4) is 0 Å². The van der Waals surface area contributed by atoms with Crippen molar-refractivity contribution < 1.29 is 40.5 Å². The maximum Gasteiger partial charge on any atom is 0.407 e. The molecule has 0 unspecified atom stereocenters. The van der Waals surface area contributed by atoms with Gasteiger partial charge in [-0.1, -0.05) is 30.3 Å². The molecule has 2 aliphatic rings. The van der Waals surface area contributed by atoms with E-state index in [9.17, 15) is 13.2 Å². The van der Waals surface area contributed by atoms with E-state index in [1.807, 2.05) is 30.3 Å². The van der Waals surface area contributed by atoms with Crippen LogP contribution in [0.2, 0.25) is 0 Å². The molecular formula is C17H23NO9S. The Kier molecular flexibility index (Phi) is 6.86. The van der Waals surface area contributed by atoms with Crippen LogP contribution in [0.15, 0.2) is 30.3 Å². The Morgan fingerprint density at radius 1 is 1.18 bits per heavy atom. The predicted octanol–water partition coefficient (Wildman–Crippen LogP) is 0.718. The fourth-order valence-corrected chi connectivity index (χ4v) is 4.07. The average molecular weight is 417 g/mol. The lowest BCUT2D eigenvalue weighted by molar-refractivity contribution is -0.278. The third kappa shape index (κ3) is 5.19. The minimum atomic E-state index is -4.08. The highest BCUT2D eigenvalue weighted by atomic mass is 32.3. The Morgan fingerprint density at radius 2 is 1.89 bits per heavy atom. The van der Waals surface area contributed by atoms with E-state index in [4.69, 9.17) is 27.3 Å². The number of benzene rings is 1. The smallest absolute Gasteiger partial charge is 0.407 e. The molecule has 0 aliphatic carbocycles. The molecule has 0 radical (unpaired) electrons. The first kappa shape index (κ1) is 21.0. The largest absolute Gasteiger partial charge is 0.445 e. The molecule has 1 aromatic carbocycles. The molecule has 2 fully saturated rings. The van der Waals surface area contributed by atoms with Crippen LogP contribution in [-0.2, 0) is 44.3 Å². The fourth-order valence-electron chi connectivity index (χ4n) is 2.99. The lowest BCUT2D eigenvalue weighted by atomic mass is 10.00. The second kappa shape index (κ2) is 9.16. The van der Waals surface area contributed by atoms with Gasteiger partial charge < -0.3 is 24.3 Å². The minimum Gasteiger partial charge on any atom is -0.445 e. The van der Waals surface area contributed by atoms with Gasteiger partial charge in [0, 0.05) is 13.7 Å². The van der Waals surface area contributed by atoms with Crippen molar-refractivity contribution in [3.63, 3.8) is 0 Å². The van der Waals surface area contributed by atoms with Crippen molar-refractivity contribution in [3.8, 4) is 0 Å². The summed E-state index contributed by atoms with van der Waals surface area (Å²) in [6.45, 7) is 2.09. The van der Waals surface area contributed by atoms with E-state index in [0.29, 0.717) is 0 Å². The number of hydrogen-bond donors (Lipinski definition) is 1. The van der Waals surface area contributed by atoms with Crippen LogP contribution in [0.25, 0.3) is 0 Å². The van der Waals surface area contributed by atoms with E-state index in [-0.39, 0.29) is 19.8 Å². The zero-order valence-corrected chi connectivity index (χ0v) is 16.3. The van der Waals surface area contributed by atoms with Crippen molar-refractivity contribution in [1.82, 2.24) is 5.32 Å². The van der Waals surface area contributed by atoms with Crippen LogP contribution in [0.1, 0.15) is 12.5 Å². The van der Waals surface area contributed by atoms with E-state index < -0.39 is 47.2 Å². The first-order chi connectivity index (χ1) is 13.4. The number of fused-ring (bicyclic) bond motifs is 1. The Morgan fingerprint density at radius 3 is 2.61 bits per heavy atom. The fraction of sp³-hybridized carbons (Fsp3) is 0.588. The molecule has 28 heavy (non-hydrogen) atoms. The lowest BCUT2D eigenvalue weighted by Gasteiger charge is -2.39. The number of alkyl carbamates (subject to hydrolysis) is 1. The molecule has 1 aromatic rings. The molecule has 2 aliphatic heterocycles. The third-order valence-corrected chi connectivity index (χ3v) is 5.24. The highest BCUT2D eigenvalue weighted by Crippen LogP contribution is 2.34. The highest BCUT2D eigenvalue weighted by Gasteiger charge is 2.55. The molecule has 156 valence electrons. The Bertz CT molecular complexity index is 757. The van der Waals surface area contributed by atoms with Crippen LogP contribution in [0, 0.1) is 0 Å². The maximum atomic E-state index is 11.7. The van der Waals surface area contributed by atoms with Crippen LogP contribution in [0.5, 0.6) is 0 Å². The molecule has 0 saturated carbocycles. The highest BCUT2D eigenvalue weighted by molar-refractivity contribution is 7.82. The summed E-state index contributed by atoms with van der Waals surface area (Å²) in [4.78, 5) is 11.7. The van der Waals surface area contributed by atoms with Gasteiger partial charge in [-0.15, -0.1) is 0 Å². The second-order valence-electron chi connectivity index (χ2n) is 6.30. The topological polar surface area (TPSA) is 119 Å². The minimum absolute atomic E-state index is 0.0999. The van der Waals surface area contributed by atoms with Crippen LogP contribution in [0.4, 0.5) is 4.79 Å². The molecular weight excluding hydrogens is 394 g/mol. The summed E-state index contributed by atoms with van der Waals surface area (Å²) < 4.78 is 54.6. The summed E-state index contributed by atoms with van der Waals surface area (Å²) >= 11 is 0. The molecule has 10 nitrogen and oxygen atoms in total. The van der Waals surface area contributed by atoms with Gasteiger partial charge in [-0.2, -0.15) is 8.42 Å². The molecule has 5 atom stereocenters. The maximum absolute atomic E-state index is 11.7. The Labute approximate surface area is 163 Å². The molecule has 0 spiro atoms. The van der Waals surface area contributed by atoms with Gasteiger partial charge in [0.2, 0.25) is 0 Å². The third-order valence-electron chi connectivity index (χ3n) is 4.32. The molecule has 0 bridgehead atoms. The summed E-state index contributed by atoms with van der Waals surface area (Å²) in [6.07, 6.45) is -4.51. The summed E-state index contributed by atoms with van der Waals surface area (Å²) in [5.74, 6) is 0. The number of carbonyl (C=O) groups is 1. The SMILES string of the molecule is CO[C@H]1[C@H](OCCNC(=O)OCc2ccccc2)O[C@H](C)[C@@H]2OS(=O)(=O)O[C@@H]21. The number of amides is 1. The first-order valence-electron chi connectivity index (χ1n) is 8.75. The summed E-state index contributed by atoms with van der Waals surface area (Å²) in [6, 6.07) is 9.30. The van der Waals surface area contributed by atoms with Gasteiger partial charge in [0.05, 0.1) is 12.7 Å². The van der Waals surface area contributed by atoms with E-state index >= 15 is 0 Å². The van der Waals surface area contributed by atoms with Crippen molar-refractivity contribution in [2.24, 2.45) is 0 Å².